The normalized spacial score (nSPS) is 23.9. The molecule has 1 N–H and O–H groups in total. The molecule has 118 valence electrons. The molecular weight excluding hydrogens is 324 g/mol. The summed E-state index contributed by atoms with van der Waals surface area (Å²) in [6, 6.07) is 7.76. The Balaban J connectivity index is 2.29. The highest BCUT2D eigenvalue weighted by molar-refractivity contribution is 9.10. The first-order valence-corrected chi connectivity index (χ1v) is 9.09. The van der Waals surface area contributed by atoms with Crippen molar-refractivity contribution in [1.29, 1.82) is 0 Å². The van der Waals surface area contributed by atoms with Crippen LogP contribution >= 0.6 is 15.9 Å². The fraction of sp³-hybridized carbons (Fsp3) is 0.667. The molecule has 1 aromatic rings. The number of hydrogen-bond donors (Lipinski definition) is 1. The third kappa shape index (κ3) is 4.01. The van der Waals surface area contributed by atoms with Crippen LogP contribution in [0, 0.1) is 5.92 Å². The van der Waals surface area contributed by atoms with Crippen LogP contribution in [-0.2, 0) is 0 Å². The number of nitrogens with zero attached hydrogens (tertiary/aromatic N) is 1. The first kappa shape index (κ1) is 16.8. The zero-order valence-corrected chi connectivity index (χ0v) is 15.4. The van der Waals surface area contributed by atoms with Gasteiger partial charge in [-0.05, 0) is 49.9 Å². The van der Waals surface area contributed by atoms with Crippen molar-refractivity contribution in [2.24, 2.45) is 5.92 Å². The molecule has 1 fully saturated rings. The lowest BCUT2D eigenvalue weighted by Gasteiger charge is -2.39. The highest BCUT2D eigenvalue weighted by Gasteiger charge is 2.27. The highest BCUT2D eigenvalue weighted by atomic mass is 79.9. The van der Waals surface area contributed by atoms with Gasteiger partial charge in [-0.15, -0.1) is 0 Å². The van der Waals surface area contributed by atoms with Crippen LogP contribution in [0.15, 0.2) is 22.7 Å². The Bertz CT molecular complexity index is 461. The number of rotatable bonds is 5. The van der Waals surface area contributed by atoms with E-state index in [2.05, 4.69) is 72.2 Å². The number of anilines is 1. The van der Waals surface area contributed by atoms with Crippen molar-refractivity contribution < 1.29 is 0 Å². The molecule has 1 saturated carbocycles. The topological polar surface area (TPSA) is 15.3 Å². The summed E-state index contributed by atoms with van der Waals surface area (Å²) in [6.45, 7) is 7.84. The minimum absolute atomic E-state index is 0.388. The highest BCUT2D eigenvalue weighted by Crippen LogP contribution is 2.35. The van der Waals surface area contributed by atoms with E-state index in [9.17, 15) is 0 Å². The molecule has 0 saturated heterocycles. The third-order valence-corrected chi connectivity index (χ3v) is 5.41. The van der Waals surface area contributed by atoms with Gasteiger partial charge in [0.2, 0.25) is 0 Å². The molecule has 0 amide bonds. The van der Waals surface area contributed by atoms with Crippen molar-refractivity contribution in [3.05, 3.63) is 28.2 Å². The molecule has 21 heavy (non-hydrogen) atoms. The Kier molecular flexibility index (Phi) is 6.12. The summed E-state index contributed by atoms with van der Waals surface area (Å²) in [6.07, 6.45) is 5.44. The molecule has 0 radical (unpaired) electrons. The van der Waals surface area contributed by atoms with Crippen molar-refractivity contribution >= 4 is 21.6 Å². The summed E-state index contributed by atoms with van der Waals surface area (Å²) in [4.78, 5) is 2.53. The SMILES string of the molecule is CCNC(C)c1ccc(Br)cc1N(C)C1CCCCC1C. The van der Waals surface area contributed by atoms with Gasteiger partial charge in [-0.1, -0.05) is 48.7 Å². The van der Waals surface area contributed by atoms with Crippen LogP contribution in [0.25, 0.3) is 0 Å². The summed E-state index contributed by atoms with van der Waals surface area (Å²) in [5.74, 6) is 0.782. The van der Waals surface area contributed by atoms with Gasteiger partial charge in [-0.25, -0.2) is 0 Å². The van der Waals surface area contributed by atoms with Crippen molar-refractivity contribution in [1.82, 2.24) is 5.32 Å². The molecular formula is C18H29BrN2. The van der Waals surface area contributed by atoms with Crippen LogP contribution in [0.1, 0.15) is 58.1 Å². The van der Waals surface area contributed by atoms with E-state index in [4.69, 9.17) is 0 Å². The lowest BCUT2D eigenvalue weighted by Crippen LogP contribution is -2.39. The second kappa shape index (κ2) is 7.64. The Hall–Kier alpha value is -0.540. The van der Waals surface area contributed by atoms with Crippen molar-refractivity contribution in [2.45, 2.75) is 58.5 Å². The zero-order valence-electron chi connectivity index (χ0n) is 13.8. The smallest absolute Gasteiger partial charge is 0.0425 e. The fourth-order valence-electron chi connectivity index (χ4n) is 3.66. The molecule has 2 rings (SSSR count). The molecule has 2 nitrogen and oxygen atoms in total. The monoisotopic (exact) mass is 352 g/mol. The van der Waals surface area contributed by atoms with Crippen LogP contribution in [0.5, 0.6) is 0 Å². The Morgan fingerprint density at radius 1 is 1.33 bits per heavy atom. The standard InChI is InChI=1S/C18H29BrN2/c1-5-20-14(3)16-11-10-15(19)12-18(16)21(4)17-9-7-6-8-13(17)2/h10-14,17,20H,5-9H2,1-4H3. The van der Waals surface area contributed by atoms with Gasteiger partial charge in [0.25, 0.3) is 0 Å². The first-order chi connectivity index (χ1) is 10.0. The lowest BCUT2D eigenvalue weighted by molar-refractivity contribution is 0.321. The Morgan fingerprint density at radius 2 is 2.05 bits per heavy atom. The molecule has 0 aromatic heterocycles. The molecule has 0 spiro atoms. The van der Waals surface area contributed by atoms with Gasteiger partial charge in [0.1, 0.15) is 0 Å². The quantitative estimate of drug-likeness (QED) is 0.789. The van der Waals surface area contributed by atoms with Crippen LogP contribution in [0.2, 0.25) is 0 Å². The average molecular weight is 353 g/mol. The first-order valence-electron chi connectivity index (χ1n) is 8.30. The second-order valence-corrected chi connectivity index (χ2v) is 7.34. The number of halogens is 1. The Labute approximate surface area is 138 Å². The van der Waals surface area contributed by atoms with Gasteiger partial charge in [0, 0.05) is 29.3 Å². The van der Waals surface area contributed by atoms with E-state index in [0.29, 0.717) is 12.1 Å². The van der Waals surface area contributed by atoms with Crippen molar-refractivity contribution in [2.75, 3.05) is 18.5 Å². The zero-order chi connectivity index (χ0) is 15.4. The van der Waals surface area contributed by atoms with Gasteiger partial charge < -0.3 is 10.2 Å². The van der Waals surface area contributed by atoms with Crippen LogP contribution < -0.4 is 10.2 Å². The largest absolute Gasteiger partial charge is 0.371 e. The summed E-state index contributed by atoms with van der Waals surface area (Å²) >= 11 is 3.64. The average Bonchev–Trinajstić information content (AvgIpc) is 2.47. The maximum atomic E-state index is 3.64. The van der Waals surface area contributed by atoms with E-state index in [-0.39, 0.29) is 0 Å². The predicted molar refractivity (Wildman–Crippen MR) is 96.1 cm³/mol. The lowest BCUT2D eigenvalue weighted by atomic mass is 9.84. The maximum Gasteiger partial charge on any atom is 0.0425 e. The number of hydrogen-bond acceptors (Lipinski definition) is 2. The van der Waals surface area contributed by atoms with Gasteiger partial charge in [0.05, 0.1) is 0 Å². The van der Waals surface area contributed by atoms with Gasteiger partial charge in [0.15, 0.2) is 0 Å². The van der Waals surface area contributed by atoms with Gasteiger partial charge in [-0.3, -0.25) is 0 Å². The molecule has 3 heteroatoms. The Morgan fingerprint density at radius 3 is 2.71 bits per heavy atom. The minimum atomic E-state index is 0.388. The summed E-state index contributed by atoms with van der Waals surface area (Å²) in [5, 5.41) is 3.55. The molecule has 0 bridgehead atoms. The summed E-state index contributed by atoms with van der Waals surface area (Å²) < 4.78 is 1.17. The minimum Gasteiger partial charge on any atom is -0.371 e. The summed E-state index contributed by atoms with van der Waals surface area (Å²) in [7, 11) is 2.27. The van der Waals surface area contributed by atoms with Crippen molar-refractivity contribution in [3.63, 3.8) is 0 Å². The van der Waals surface area contributed by atoms with E-state index < -0.39 is 0 Å². The molecule has 0 heterocycles. The van der Waals surface area contributed by atoms with E-state index in [0.717, 1.165) is 12.5 Å². The molecule has 3 atom stereocenters. The van der Waals surface area contributed by atoms with Crippen LogP contribution in [0.3, 0.4) is 0 Å². The number of nitrogens with one attached hydrogen (secondary N) is 1. The predicted octanol–water partition coefficient (Wildman–Crippen LogP) is 5.13. The molecule has 3 unspecified atom stereocenters. The molecule has 1 aromatic carbocycles. The second-order valence-electron chi connectivity index (χ2n) is 6.42. The fourth-order valence-corrected chi connectivity index (χ4v) is 4.00. The third-order valence-electron chi connectivity index (χ3n) is 4.91. The summed E-state index contributed by atoms with van der Waals surface area (Å²) in [5.41, 5.74) is 2.77. The van der Waals surface area contributed by atoms with E-state index >= 15 is 0 Å². The van der Waals surface area contributed by atoms with E-state index in [1.165, 1.54) is 41.4 Å². The van der Waals surface area contributed by atoms with E-state index in [1.807, 2.05) is 0 Å². The van der Waals surface area contributed by atoms with E-state index in [1.54, 1.807) is 0 Å². The molecule has 1 aliphatic rings. The van der Waals surface area contributed by atoms with Gasteiger partial charge in [-0.2, -0.15) is 0 Å². The van der Waals surface area contributed by atoms with Crippen LogP contribution in [-0.4, -0.2) is 19.6 Å². The number of benzene rings is 1. The van der Waals surface area contributed by atoms with Gasteiger partial charge >= 0.3 is 0 Å². The molecule has 0 aliphatic heterocycles. The maximum absolute atomic E-state index is 3.64. The van der Waals surface area contributed by atoms with Crippen LogP contribution in [0.4, 0.5) is 5.69 Å². The molecule has 1 aliphatic carbocycles. The van der Waals surface area contributed by atoms with Crippen molar-refractivity contribution in [3.8, 4) is 0 Å².